The minimum absolute atomic E-state index is 0.902. The van der Waals surface area contributed by atoms with Crippen molar-refractivity contribution in [3.8, 4) is 67.3 Å². The lowest BCUT2D eigenvalue weighted by Crippen LogP contribution is -1.92. The molecule has 0 aliphatic heterocycles. The van der Waals surface area contributed by atoms with Crippen molar-refractivity contribution < 1.29 is 0 Å². The molecule has 13 aromatic rings. The molecule has 13 rings (SSSR count). The van der Waals surface area contributed by atoms with Gasteiger partial charge in [0, 0.05) is 43.8 Å². The van der Waals surface area contributed by atoms with Crippen LogP contribution in [-0.4, -0.2) is 19.9 Å². The molecule has 0 aliphatic rings. The van der Waals surface area contributed by atoms with Crippen LogP contribution in [0.3, 0.4) is 0 Å². The van der Waals surface area contributed by atoms with E-state index in [0.29, 0.717) is 0 Å². The molecule has 0 fully saturated rings. The second kappa shape index (κ2) is 15.4. The fourth-order valence-corrected chi connectivity index (χ4v) is 9.63. The van der Waals surface area contributed by atoms with Gasteiger partial charge in [-0.2, -0.15) is 0 Å². The monoisotopic (exact) mass is 838 g/mol. The van der Waals surface area contributed by atoms with Gasteiger partial charge < -0.3 is 0 Å². The molecule has 4 nitrogen and oxygen atoms in total. The molecule has 0 spiro atoms. The van der Waals surface area contributed by atoms with Crippen LogP contribution in [0, 0.1) is 0 Å². The number of aromatic nitrogens is 4. The van der Waals surface area contributed by atoms with E-state index in [2.05, 4.69) is 231 Å². The molecule has 4 aromatic heterocycles. The molecule has 0 aliphatic carbocycles. The molecule has 4 heteroatoms. The summed E-state index contributed by atoms with van der Waals surface area (Å²) in [6, 6.07) is 81.6. The Hall–Kier alpha value is -8.86. The van der Waals surface area contributed by atoms with Gasteiger partial charge in [-0.3, -0.25) is 0 Å². The van der Waals surface area contributed by atoms with Gasteiger partial charge in [-0.15, -0.1) is 0 Å². The van der Waals surface area contributed by atoms with Crippen molar-refractivity contribution in [2.45, 2.75) is 0 Å². The van der Waals surface area contributed by atoms with Gasteiger partial charge in [-0.25, -0.2) is 19.9 Å². The fraction of sp³-hybridized carbons (Fsp3) is 0. The lowest BCUT2D eigenvalue weighted by Gasteiger charge is -2.11. The average molecular weight is 839 g/mol. The SMILES string of the molecule is c1cc(-c2ccc(-c3cccc(-c4ccc5ccc6ccc(-c7cccc8ccccc78)nc6c5n4)c3)cc2)cc(-c2ccc3ccc4ccc(-c5cccc6ccccc56)nc4c3n2)c1. The predicted molar refractivity (Wildman–Crippen MR) is 275 cm³/mol. The Kier molecular flexibility index (Phi) is 8.81. The van der Waals surface area contributed by atoms with E-state index in [4.69, 9.17) is 19.9 Å². The molecular formula is C62H38N4. The van der Waals surface area contributed by atoms with Crippen LogP contribution in [0.15, 0.2) is 231 Å². The van der Waals surface area contributed by atoms with Crippen LogP contribution in [0.2, 0.25) is 0 Å². The Morgan fingerprint density at radius 3 is 0.939 bits per heavy atom. The summed E-state index contributed by atoms with van der Waals surface area (Å²) in [6.07, 6.45) is 0. The highest BCUT2D eigenvalue weighted by atomic mass is 14.8. The third-order valence-electron chi connectivity index (χ3n) is 13.0. The first-order valence-corrected chi connectivity index (χ1v) is 22.4. The summed E-state index contributed by atoms with van der Waals surface area (Å²) < 4.78 is 0. The van der Waals surface area contributed by atoms with Gasteiger partial charge in [0.05, 0.1) is 44.8 Å². The molecular weight excluding hydrogens is 801 g/mol. The zero-order chi connectivity index (χ0) is 43.6. The van der Waals surface area contributed by atoms with Crippen LogP contribution >= 0.6 is 0 Å². The molecule has 4 heterocycles. The summed E-state index contributed by atoms with van der Waals surface area (Å²) in [7, 11) is 0. The van der Waals surface area contributed by atoms with Gasteiger partial charge in [-0.1, -0.05) is 194 Å². The quantitative estimate of drug-likeness (QED) is 0.157. The van der Waals surface area contributed by atoms with Crippen molar-refractivity contribution in [3.63, 3.8) is 0 Å². The number of hydrogen-bond donors (Lipinski definition) is 0. The Labute approximate surface area is 381 Å². The molecule has 9 aromatic carbocycles. The van der Waals surface area contributed by atoms with Crippen LogP contribution in [-0.2, 0) is 0 Å². The lowest BCUT2D eigenvalue weighted by molar-refractivity contribution is 1.37. The zero-order valence-corrected chi connectivity index (χ0v) is 35.7. The maximum Gasteiger partial charge on any atom is 0.0972 e. The van der Waals surface area contributed by atoms with Crippen molar-refractivity contribution >= 4 is 65.2 Å². The zero-order valence-electron chi connectivity index (χ0n) is 35.7. The maximum atomic E-state index is 5.28. The van der Waals surface area contributed by atoms with E-state index < -0.39 is 0 Å². The minimum atomic E-state index is 0.902. The minimum Gasteiger partial charge on any atom is -0.245 e. The highest BCUT2D eigenvalue weighted by Gasteiger charge is 2.14. The van der Waals surface area contributed by atoms with Crippen LogP contribution < -0.4 is 0 Å². The summed E-state index contributed by atoms with van der Waals surface area (Å²) >= 11 is 0. The molecule has 0 radical (unpaired) electrons. The normalized spacial score (nSPS) is 11.6. The third-order valence-corrected chi connectivity index (χ3v) is 13.0. The highest BCUT2D eigenvalue weighted by Crippen LogP contribution is 2.36. The van der Waals surface area contributed by atoms with E-state index in [1.54, 1.807) is 0 Å². The summed E-state index contributed by atoms with van der Waals surface area (Å²) in [5, 5.41) is 9.06. The topological polar surface area (TPSA) is 51.6 Å². The van der Waals surface area contributed by atoms with Crippen LogP contribution in [0.4, 0.5) is 0 Å². The number of nitrogens with zero attached hydrogens (tertiary/aromatic N) is 4. The molecule has 0 amide bonds. The molecule has 0 bridgehead atoms. The van der Waals surface area contributed by atoms with Gasteiger partial charge in [-0.05, 0) is 80.2 Å². The van der Waals surface area contributed by atoms with Crippen molar-refractivity contribution in [1.29, 1.82) is 0 Å². The van der Waals surface area contributed by atoms with Crippen molar-refractivity contribution in [3.05, 3.63) is 231 Å². The van der Waals surface area contributed by atoms with E-state index in [0.717, 1.165) is 111 Å². The summed E-state index contributed by atoms with van der Waals surface area (Å²) in [4.78, 5) is 21.1. The molecule has 0 atom stereocenters. The van der Waals surface area contributed by atoms with Crippen molar-refractivity contribution in [1.82, 2.24) is 19.9 Å². The predicted octanol–water partition coefficient (Wildman–Crippen LogP) is 16.2. The van der Waals surface area contributed by atoms with E-state index in [-0.39, 0.29) is 0 Å². The molecule has 0 N–H and O–H groups in total. The average Bonchev–Trinajstić information content (AvgIpc) is 3.40. The van der Waals surface area contributed by atoms with E-state index in [1.807, 2.05) is 0 Å². The van der Waals surface area contributed by atoms with Crippen molar-refractivity contribution in [2.24, 2.45) is 0 Å². The Morgan fingerprint density at radius 2 is 0.515 bits per heavy atom. The Morgan fingerprint density at radius 1 is 0.197 bits per heavy atom. The molecule has 0 unspecified atom stereocenters. The Balaban J connectivity index is 0.805. The summed E-state index contributed by atoms with van der Waals surface area (Å²) in [6.45, 7) is 0. The Bertz CT molecular complexity index is 3790. The van der Waals surface area contributed by atoms with Crippen LogP contribution in [0.1, 0.15) is 0 Å². The van der Waals surface area contributed by atoms with Gasteiger partial charge >= 0.3 is 0 Å². The van der Waals surface area contributed by atoms with E-state index in [1.165, 1.54) is 21.5 Å². The molecule has 66 heavy (non-hydrogen) atoms. The number of fused-ring (bicyclic) bond motifs is 8. The number of rotatable bonds is 6. The largest absolute Gasteiger partial charge is 0.245 e. The first-order valence-electron chi connectivity index (χ1n) is 22.4. The molecule has 0 saturated carbocycles. The first kappa shape index (κ1) is 37.7. The first-order chi connectivity index (χ1) is 32.7. The summed E-state index contributed by atoms with van der Waals surface area (Å²) in [5.41, 5.74) is 16.2. The highest BCUT2D eigenvalue weighted by molar-refractivity contribution is 6.07. The van der Waals surface area contributed by atoms with Crippen LogP contribution in [0.25, 0.3) is 132 Å². The second-order valence-electron chi connectivity index (χ2n) is 17.0. The van der Waals surface area contributed by atoms with Crippen LogP contribution in [0.5, 0.6) is 0 Å². The van der Waals surface area contributed by atoms with E-state index >= 15 is 0 Å². The third kappa shape index (κ3) is 6.55. The standard InChI is InChI=1S/C62H38N4/c1-3-17-51-41(9-1)11-7-19-53(51)57-35-31-45-27-25-43-29-33-55(63-59(43)61(45)65-57)49-15-5-13-47(37-49)39-21-23-40(24-22-39)48-14-6-16-50(38-48)56-34-30-44-26-28-46-32-36-58(66-62(46)60(44)64-56)54-20-8-12-42-10-2-4-18-52(42)54/h1-38H. The number of hydrogen-bond acceptors (Lipinski definition) is 4. The maximum absolute atomic E-state index is 5.28. The number of pyridine rings is 4. The van der Waals surface area contributed by atoms with E-state index in [9.17, 15) is 0 Å². The van der Waals surface area contributed by atoms with Gasteiger partial charge in [0.2, 0.25) is 0 Å². The lowest BCUT2D eigenvalue weighted by atomic mass is 9.97. The van der Waals surface area contributed by atoms with Gasteiger partial charge in [0.25, 0.3) is 0 Å². The van der Waals surface area contributed by atoms with Gasteiger partial charge in [0.1, 0.15) is 0 Å². The fourth-order valence-electron chi connectivity index (χ4n) is 9.63. The number of benzene rings is 9. The molecule has 0 saturated heterocycles. The van der Waals surface area contributed by atoms with Gasteiger partial charge in [0.15, 0.2) is 0 Å². The molecule has 306 valence electrons. The smallest absolute Gasteiger partial charge is 0.0972 e. The van der Waals surface area contributed by atoms with Crippen molar-refractivity contribution in [2.75, 3.05) is 0 Å². The summed E-state index contributed by atoms with van der Waals surface area (Å²) in [5.74, 6) is 0. The second-order valence-corrected chi connectivity index (χ2v) is 17.0.